The number of nitrogens with one attached hydrogen (secondary N) is 1. The van der Waals surface area contributed by atoms with Gasteiger partial charge in [0, 0.05) is 6.04 Å². The van der Waals surface area contributed by atoms with Crippen molar-refractivity contribution in [3.63, 3.8) is 0 Å². The number of carbonyl (C=O) groups is 1. The molecule has 0 aromatic carbocycles. The summed E-state index contributed by atoms with van der Waals surface area (Å²) in [7, 11) is 0. The average molecular weight is 283 g/mol. The number of carbonyl (C=O) groups excluding carboxylic acids is 1. The Morgan fingerprint density at radius 3 is 3.00 bits per heavy atom. The molecule has 0 aliphatic heterocycles. The van der Waals surface area contributed by atoms with Gasteiger partial charge in [-0.2, -0.15) is 5.10 Å². The molecule has 0 fully saturated rings. The maximum absolute atomic E-state index is 12.0. The molecule has 0 aliphatic rings. The molecule has 0 spiro atoms. The number of nitrogens with zero attached hydrogens (tertiary/aromatic N) is 2. The first-order valence-electron chi connectivity index (χ1n) is 7.03. The number of hydrogen-bond acceptors (Lipinski definition) is 3. The summed E-state index contributed by atoms with van der Waals surface area (Å²) >= 11 is 0. The Morgan fingerprint density at radius 1 is 1.33 bits per heavy atom. The first-order valence-corrected chi connectivity index (χ1v) is 7.03. The van der Waals surface area contributed by atoms with Crippen molar-refractivity contribution in [1.82, 2.24) is 14.9 Å². The van der Waals surface area contributed by atoms with Gasteiger partial charge in [0.05, 0.1) is 11.7 Å². The second-order valence-electron chi connectivity index (χ2n) is 5.03. The molecule has 21 heavy (non-hydrogen) atoms. The van der Waals surface area contributed by atoms with E-state index in [1.165, 1.54) is 0 Å². The molecule has 108 valence electrons. The van der Waals surface area contributed by atoms with Crippen LogP contribution in [0.3, 0.4) is 0 Å². The van der Waals surface area contributed by atoms with E-state index in [1.807, 2.05) is 38.1 Å². The zero-order valence-electron chi connectivity index (χ0n) is 12.0. The number of fused-ring (bicyclic) bond motifs is 1. The molecule has 5 heteroatoms. The van der Waals surface area contributed by atoms with Gasteiger partial charge in [0.2, 0.25) is 0 Å². The van der Waals surface area contributed by atoms with E-state index in [1.54, 1.807) is 22.8 Å². The van der Waals surface area contributed by atoms with E-state index in [2.05, 4.69) is 10.4 Å². The van der Waals surface area contributed by atoms with Gasteiger partial charge in [0.1, 0.15) is 5.69 Å². The topological polar surface area (TPSA) is 59.5 Å². The fourth-order valence-corrected chi connectivity index (χ4v) is 2.13. The summed E-state index contributed by atoms with van der Waals surface area (Å²) in [6.45, 7) is 3.99. The van der Waals surface area contributed by atoms with Crippen molar-refractivity contribution in [3.05, 3.63) is 48.4 Å². The van der Waals surface area contributed by atoms with Gasteiger partial charge < -0.3 is 9.73 Å². The minimum Gasteiger partial charge on any atom is -0.449 e. The number of rotatable bonds is 4. The van der Waals surface area contributed by atoms with E-state index >= 15 is 0 Å². The summed E-state index contributed by atoms with van der Waals surface area (Å²) in [6, 6.07) is 11.3. The summed E-state index contributed by atoms with van der Waals surface area (Å²) in [6.07, 6.45) is 2.62. The van der Waals surface area contributed by atoms with Gasteiger partial charge in [-0.3, -0.25) is 4.79 Å². The van der Waals surface area contributed by atoms with Crippen molar-refractivity contribution in [2.75, 3.05) is 0 Å². The van der Waals surface area contributed by atoms with Crippen molar-refractivity contribution >= 4 is 11.4 Å². The van der Waals surface area contributed by atoms with Crippen LogP contribution >= 0.6 is 0 Å². The van der Waals surface area contributed by atoms with Crippen molar-refractivity contribution < 1.29 is 9.21 Å². The lowest BCUT2D eigenvalue weighted by molar-refractivity contribution is 0.0912. The molecule has 0 saturated carbocycles. The van der Waals surface area contributed by atoms with Crippen LogP contribution in [0, 0.1) is 0 Å². The van der Waals surface area contributed by atoms with Crippen LogP contribution < -0.4 is 5.32 Å². The number of amides is 1. The van der Waals surface area contributed by atoms with Gasteiger partial charge in [-0.1, -0.05) is 13.0 Å². The summed E-state index contributed by atoms with van der Waals surface area (Å²) in [4.78, 5) is 12.0. The van der Waals surface area contributed by atoms with E-state index < -0.39 is 0 Å². The Hall–Kier alpha value is -2.56. The van der Waals surface area contributed by atoms with E-state index in [4.69, 9.17) is 4.42 Å². The predicted octanol–water partition coefficient (Wildman–Crippen LogP) is 3.12. The molecule has 3 aromatic heterocycles. The third kappa shape index (κ3) is 2.54. The van der Waals surface area contributed by atoms with E-state index in [-0.39, 0.29) is 11.9 Å². The normalized spacial score (nSPS) is 12.5. The van der Waals surface area contributed by atoms with Crippen LogP contribution in [0.1, 0.15) is 30.8 Å². The second-order valence-corrected chi connectivity index (χ2v) is 5.03. The van der Waals surface area contributed by atoms with Crippen molar-refractivity contribution in [1.29, 1.82) is 0 Å². The molecule has 5 nitrogen and oxygen atoms in total. The van der Waals surface area contributed by atoms with E-state index in [9.17, 15) is 4.79 Å². The first-order chi connectivity index (χ1) is 10.2. The predicted molar refractivity (Wildman–Crippen MR) is 80.1 cm³/mol. The lowest BCUT2D eigenvalue weighted by Gasteiger charge is -2.09. The fourth-order valence-electron chi connectivity index (χ4n) is 2.13. The molecular formula is C16H17N3O2. The number of hydrogen-bond donors (Lipinski definition) is 1. The zero-order valence-corrected chi connectivity index (χ0v) is 12.0. The SMILES string of the molecule is CCC(C)NC(=O)c1ccc(-c2cccc3ccnn23)o1. The smallest absolute Gasteiger partial charge is 0.287 e. The van der Waals surface area contributed by atoms with Gasteiger partial charge in [-0.25, -0.2) is 4.52 Å². The van der Waals surface area contributed by atoms with Crippen LogP contribution in [0.25, 0.3) is 17.0 Å². The fraction of sp³-hybridized carbons (Fsp3) is 0.250. The van der Waals surface area contributed by atoms with Gasteiger partial charge in [0.25, 0.3) is 5.91 Å². The molecule has 0 saturated heterocycles. The Morgan fingerprint density at radius 2 is 2.19 bits per heavy atom. The molecule has 1 atom stereocenters. The van der Waals surface area contributed by atoms with Gasteiger partial charge in [-0.05, 0) is 43.7 Å². The average Bonchev–Trinajstić information content (AvgIpc) is 3.15. The Kier molecular flexibility index (Phi) is 3.48. The van der Waals surface area contributed by atoms with Crippen LogP contribution in [0.5, 0.6) is 0 Å². The highest BCUT2D eigenvalue weighted by Crippen LogP contribution is 2.23. The third-order valence-electron chi connectivity index (χ3n) is 3.49. The Bertz CT molecular complexity index is 773. The van der Waals surface area contributed by atoms with Crippen LogP contribution in [-0.2, 0) is 0 Å². The summed E-state index contributed by atoms with van der Waals surface area (Å²) in [5, 5.41) is 7.15. The third-order valence-corrected chi connectivity index (χ3v) is 3.49. The highest BCUT2D eigenvalue weighted by atomic mass is 16.4. The minimum absolute atomic E-state index is 0.126. The van der Waals surface area contributed by atoms with Gasteiger partial charge >= 0.3 is 0 Å². The number of aromatic nitrogens is 2. The Labute approximate surface area is 122 Å². The lowest BCUT2D eigenvalue weighted by Crippen LogP contribution is -2.31. The molecule has 3 rings (SSSR count). The summed E-state index contributed by atoms with van der Waals surface area (Å²) in [5.74, 6) is 0.747. The highest BCUT2D eigenvalue weighted by Gasteiger charge is 2.15. The largest absolute Gasteiger partial charge is 0.449 e. The zero-order chi connectivity index (χ0) is 14.8. The molecule has 1 N–H and O–H groups in total. The van der Waals surface area contributed by atoms with Crippen molar-refractivity contribution in [3.8, 4) is 11.5 Å². The molecule has 0 aliphatic carbocycles. The monoisotopic (exact) mass is 283 g/mol. The molecule has 1 amide bonds. The van der Waals surface area contributed by atoms with E-state index in [0.717, 1.165) is 17.6 Å². The van der Waals surface area contributed by atoms with Crippen molar-refractivity contribution in [2.45, 2.75) is 26.3 Å². The lowest BCUT2D eigenvalue weighted by atomic mass is 10.2. The molecule has 0 bridgehead atoms. The summed E-state index contributed by atoms with van der Waals surface area (Å²) < 4.78 is 7.47. The van der Waals surface area contributed by atoms with Crippen LogP contribution in [0.2, 0.25) is 0 Å². The molecule has 1 unspecified atom stereocenters. The molecule has 3 heterocycles. The quantitative estimate of drug-likeness (QED) is 0.800. The molecule has 0 radical (unpaired) electrons. The van der Waals surface area contributed by atoms with Gasteiger partial charge in [-0.15, -0.1) is 0 Å². The minimum atomic E-state index is -0.191. The second kappa shape index (κ2) is 5.44. The first kappa shape index (κ1) is 13.4. The van der Waals surface area contributed by atoms with Gasteiger partial charge in [0.15, 0.2) is 11.5 Å². The number of furan rings is 1. The Balaban J connectivity index is 1.91. The molecule has 3 aromatic rings. The maximum Gasteiger partial charge on any atom is 0.287 e. The van der Waals surface area contributed by atoms with Crippen LogP contribution in [-0.4, -0.2) is 21.6 Å². The number of pyridine rings is 1. The van der Waals surface area contributed by atoms with E-state index in [0.29, 0.717) is 11.5 Å². The van der Waals surface area contributed by atoms with Crippen molar-refractivity contribution in [2.24, 2.45) is 0 Å². The molecular weight excluding hydrogens is 266 g/mol. The highest BCUT2D eigenvalue weighted by molar-refractivity contribution is 5.92. The summed E-state index contributed by atoms with van der Waals surface area (Å²) in [5.41, 5.74) is 1.80. The van der Waals surface area contributed by atoms with Crippen LogP contribution in [0.15, 0.2) is 47.0 Å². The van der Waals surface area contributed by atoms with Crippen LogP contribution in [0.4, 0.5) is 0 Å². The maximum atomic E-state index is 12.0. The standard InChI is InChI=1S/C16H17N3O2/c1-3-11(2)18-16(20)15-8-7-14(21-15)13-6-4-5-12-9-10-17-19(12)13/h4-11H,3H2,1-2H3,(H,18,20).